The molecule has 146 valence electrons. The molecule has 2 amide bonds. The first kappa shape index (κ1) is 19.4. The Morgan fingerprint density at radius 2 is 2.04 bits per heavy atom. The molecule has 3 rings (SSSR count). The lowest BCUT2D eigenvalue weighted by Crippen LogP contribution is -2.56. The fourth-order valence-corrected chi connectivity index (χ4v) is 3.75. The van der Waals surface area contributed by atoms with Gasteiger partial charge in [-0.05, 0) is 45.9 Å². The highest BCUT2D eigenvalue weighted by atomic mass is 32.1. The summed E-state index contributed by atoms with van der Waals surface area (Å²) in [6.45, 7) is 8.14. The first-order chi connectivity index (χ1) is 12.7. The monoisotopic (exact) mass is 391 g/mol. The van der Waals surface area contributed by atoms with Gasteiger partial charge in [0.1, 0.15) is 16.4 Å². The van der Waals surface area contributed by atoms with Gasteiger partial charge >= 0.3 is 6.09 Å². The molecule has 0 radical (unpaired) electrons. The van der Waals surface area contributed by atoms with Crippen LogP contribution in [0.25, 0.3) is 10.2 Å². The Bertz CT molecular complexity index is 852. The zero-order valence-electron chi connectivity index (χ0n) is 16.2. The Morgan fingerprint density at radius 3 is 2.67 bits per heavy atom. The third-order valence-electron chi connectivity index (χ3n) is 4.25. The fraction of sp³-hybridized carbons (Fsp3) is 0.526. The van der Waals surface area contributed by atoms with Crippen molar-refractivity contribution in [2.24, 2.45) is 5.92 Å². The average Bonchev–Trinajstić information content (AvgIpc) is 2.94. The maximum Gasteiger partial charge on any atom is 0.410 e. The number of nitrogens with zero attached hydrogens (tertiary/aromatic N) is 2. The summed E-state index contributed by atoms with van der Waals surface area (Å²) in [5.74, 6) is 0.500. The van der Waals surface area contributed by atoms with Crippen LogP contribution in [-0.2, 0) is 9.53 Å². The van der Waals surface area contributed by atoms with Gasteiger partial charge in [0.25, 0.3) is 0 Å². The molecule has 1 aromatic heterocycles. The Balaban J connectivity index is 1.55. The normalized spacial score (nSPS) is 16.0. The van der Waals surface area contributed by atoms with Crippen molar-refractivity contribution in [2.75, 3.05) is 20.2 Å². The lowest BCUT2D eigenvalue weighted by atomic mass is 9.99. The van der Waals surface area contributed by atoms with E-state index in [1.165, 1.54) is 11.3 Å². The van der Waals surface area contributed by atoms with Crippen LogP contribution in [0.4, 0.5) is 4.79 Å². The number of amides is 2. The van der Waals surface area contributed by atoms with E-state index < -0.39 is 5.60 Å². The van der Waals surface area contributed by atoms with Crippen molar-refractivity contribution < 1.29 is 19.1 Å². The van der Waals surface area contributed by atoms with Crippen LogP contribution < -0.4 is 10.1 Å². The van der Waals surface area contributed by atoms with Gasteiger partial charge in [-0.3, -0.25) is 4.79 Å². The van der Waals surface area contributed by atoms with Crippen LogP contribution in [0.15, 0.2) is 18.2 Å². The second kappa shape index (κ2) is 7.34. The number of hydrogen-bond donors (Lipinski definition) is 1. The Labute approximate surface area is 162 Å². The number of aromatic nitrogens is 1. The Hall–Kier alpha value is -2.35. The molecule has 0 aliphatic carbocycles. The molecule has 0 saturated carbocycles. The van der Waals surface area contributed by atoms with Crippen molar-refractivity contribution in [2.45, 2.75) is 39.3 Å². The van der Waals surface area contributed by atoms with Crippen molar-refractivity contribution >= 4 is 33.6 Å². The Morgan fingerprint density at radius 1 is 1.33 bits per heavy atom. The minimum atomic E-state index is -0.533. The number of rotatable bonds is 4. The molecule has 1 aliphatic rings. The minimum absolute atomic E-state index is 0.0702. The van der Waals surface area contributed by atoms with Gasteiger partial charge < -0.3 is 19.7 Å². The average molecular weight is 391 g/mol. The van der Waals surface area contributed by atoms with Crippen molar-refractivity contribution in [3.63, 3.8) is 0 Å². The van der Waals surface area contributed by atoms with E-state index in [1.54, 1.807) is 12.0 Å². The Kier molecular flexibility index (Phi) is 5.28. The molecule has 2 aromatic rings. The molecule has 1 fully saturated rings. The second-order valence-corrected chi connectivity index (χ2v) is 8.76. The third kappa shape index (κ3) is 4.50. The molecular weight excluding hydrogens is 366 g/mol. The molecule has 8 heteroatoms. The van der Waals surface area contributed by atoms with Crippen molar-refractivity contribution in [3.05, 3.63) is 23.2 Å². The quantitative estimate of drug-likeness (QED) is 0.864. The number of hydrogen-bond acceptors (Lipinski definition) is 6. The van der Waals surface area contributed by atoms with Gasteiger partial charge in [0.2, 0.25) is 5.91 Å². The van der Waals surface area contributed by atoms with E-state index in [9.17, 15) is 9.59 Å². The van der Waals surface area contributed by atoms with E-state index >= 15 is 0 Å². The summed E-state index contributed by atoms with van der Waals surface area (Å²) in [6, 6.07) is 5.52. The summed E-state index contributed by atoms with van der Waals surface area (Å²) >= 11 is 1.54. The zero-order chi connectivity index (χ0) is 19.8. The van der Waals surface area contributed by atoms with E-state index in [-0.39, 0.29) is 24.0 Å². The molecule has 1 atom stereocenters. The number of methoxy groups -OCH3 is 1. The smallest absolute Gasteiger partial charge is 0.410 e. The molecule has 1 saturated heterocycles. The molecular formula is C19H25N3O4S. The maximum absolute atomic E-state index is 12.4. The number of ether oxygens (including phenoxy) is 2. The third-order valence-corrected chi connectivity index (χ3v) is 5.45. The van der Waals surface area contributed by atoms with Gasteiger partial charge in [-0.25, -0.2) is 9.78 Å². The van der Waals surface area contributed by atoms with Crippen LogP contribution >= 0.6 is 11.3 Å². The van der Waals surface area contributed by atoms with Crippen LogP contribution in [0, 0.1) is 5.92 Å². The van der Waals surface area contributed by atoms with E-state index in [0.29, 0.717) is 13.1 Å². The van der Waals surface area contributed by atoms with Crippen LogP contribution in [0.3, 0.4) is 0 Å². The summed E-state index contributed by atoms with van der Waals surface area (Å²) in [4.78, 5) is 30.5. The zero-order valence-corrected chi connectivity index (χ0v) is 17.1. The fourth-order valence-electron chi connectivity index (χ4n) is 2.75. The number of carbonyl (C=O) groups is 2. The minimum Gasteiger partial charge on any atom is -0.497 e. The molecule has 1 unspecified atom stereocenters. The van der Waals surface area contributed by atoms with Crippen LogP contribution in [0.5, 0.6) is 5.75 Å². The topological polar surface area (TPSA) is 80.8 Å². The summed E-state index contributed by atoms with van der Waals surface area (Å²) in [5, 5.41) is 3.84. The highest BCUT2D eigenvalue weighted by Crippen LogP contribution is 2.30. The van der Waals surface area contributed by atoms with Gasteiger partial charge in [0.15, 0.2) is 0 Å². The summed E-state index contributed by atoms with van der Waals surface area (Å²) in [7, 11) is 1.63. The first-order valence-corrected chi connectivity index (χ1v) is 9.70. The summed E-state index contributed by atoms with van der Waals surface area (Å²) in [6.07, 6.45) is -0.375. The summed E-state index contributed by atoms with van der Waals surface area (Å²) < 4.78 is 11.6. The van der Waals surface area contributed by atoms with E-state index in [0.717, 1.165) is 21.0 Å². The molecule has 2 heterocycles. The predicted molar refractivity (Wildman–Crippen MR) is 104 cm³/mol. The molecule has 0 bridgehead atoms. The molecule has 0 spiro atoms. The first-order valence-electron chi connectivity index (χ1n) is 8.89. The van der Waals surface area contributed by atoms with Crippen LogP contribution in [-0.4, -0.2) is 47.7 Å². The van der Waals surface area contributed by atoms with Gasteiger partial charge in [0.05, 0.1) is 29.3 Å². The highest BCUT2D eigenvalue weighted by Gasteiger charge is 2.38. The van der Waals surface area contributed by atoms with E-state index in [4.69, 9.17) is 9.47 Å². The maximum atomic E-state index is 12.4. The number of nitrogens with one attached hydrogen (secondary N) is 1. The van der Waals surface area contributed by atoms with E-state index in [1.807, 2.05) is 45.9 Å². The standard InChI is InChI=1S/C19H25N3O4S/c1-11(17-21-14-7-6-13(25-5)8-15(14)27-17)20-16(23)12-9-22(10-12)18(24)26-19(2,3)4/h6-8,11-12H,9-10H2,1-5H3,(H,20,23). The van der Waals surface area contributed by atoms with E-state index in [2.05, 4.69) is 10.3 Å². The van der Waals surface area contributed by atoms with Crippen LogP contribution in [0.1, 0.15) is 38.7 Å². The van der Waals surface area contributed by atoms with Crippen molar-refractivity contribution in [3.8, 4) is 5.75 Å². The number of carbonyl (C=O) groups excluding carboxylic acids is 2. The van der Waals surface area contributed by atoms with Gasteiger partial charge in [0, 0.05) is 13.1 Å². The molecule has 7 nitrogen and oxygen atoms in total. The number of thiazole rings is 1. The van der Waals surface area contributed by atoms with Crippen molar-refractivity contribution in [1.82, 2.24) is 15.2 Å². The number of likely N-dealkylation sites (tertiary alicyclic amines) is 1. The largest absolute Gasteiger partial charge is 0.497 e. The molecule has 1 aromatic carbocycles. The molecule has 27 heavy (non-hydrogen) atoms. The predicted octanol–water partition coefficient (Wildman–Crippen LogP) is 3.35. The lowest BCUT2D eigenvalue weighted by molar-refractivity contribution is -0.130. The van der Waals surface area contributed by atoms with Gasteiger partial charge in [-0.15, -0.1) is 11.3 Å². The lowest BCUT2D eigenvalue weighted by Gasteiger charge is -2.39. The van der Waals surface area contributed by atoms with Crippen molar-refractivity contribution in [1.29, 1.82) is 0 Å². The van der Waals surface area contributed by atoms with Gasteiger partial charge in [-0.1, -0.05) is 0 Å². The number of fused-ring (bicyclic) bond motifs is 1. The molecule has 1 N–H and O–H groups in total. The van der Waals surface area contributed by atoms with Crippen LogP contribution in [0.2, 0.25) is 0 Å². The SMILES string of the molecule is COc1ccc2nc(C(C)NC(=O)C3CN(C(=O)OC(C)(C)C)C3)sc2c1. The summed E-state index contributed by atoms with van der Waals surface area (Å²) in [5.41, 5.74) is 0.353. The highest BCUT2D eigenvalue weighted by molar-refractivity contribution is 7.18. The number of benzene rings is 1. The van der Waals surface area contributed by atoms with Gasteiger partial charge in [-0.2, -0.15) is 0 Å². The second-order valence-electron chi connectivity index (χ2n) is 7.70. The molecule has 1 aliphatic heterocycles.